The van der Waals surface area contributed by atoms with E-state index >= 15 is 0 Å². The van der Waals surface area contributed by atoms with Gasteiger partial charge in [-0.3, -0.25) is 4.79 Å². The molecule has 1 amide bonds. The number of carbonyl (C=O) groups is 1. The second-order valence-corrected chi connectivity index (χ2v) is 8.70. The third-order valence-corrected chi connectivity index (χ3v) is 6.16. The van der Waals surface area contributed by atoms with Gasteiger partial charge in [0.25, 0.3) is 0 Å². The van der Waals surface area contributed by atoms with Gasteiger partial charge in [-0.1, -0.05) is 12.1 Å². The van der Waals surface area contributed by atoms with E-state index in [9.17, 15) is 18.5 Å². The lowest BCUT2D eigenvalue weighted by molar-refractivity contribution is -0.120. The lowest BCUT2D eigenvalue weighted by atomic mass is 9.97. The zero-order chi connectivity index (χ0) is 17.4. The minimum Gasteiger partial charge on any atom is -0.326 e. The van der Waals surface area contributed by atoms with Crippen molar-refractivity contribution in [2.75, 3.05) is 24.7 Å². The van der Waals surface area contributed by atoms with Crippen molar-refractivity contribution in [1.82, 2.24) is 4.31 Å². The normalized spacial score (nSPS) is 23.2. The molecule has 0 spiro atoms. The molecule has 1 saturated heterocycles. The Kier molecular flexibility index (Phi) is 4.37. The van der Waals surface area contributed by atoms with Crippen molar-refractivity contribution in [1.29, 1.82) is 5.26 Å². The Balaban J connectivity index is 1.63. The number of sulfonamides is 1. The molecule has 1 N–H and O–H groups in total. The second-order valence-electron chi connectivity index (χ2n) is 6.72. The lowest BCUT2D eigenvalue weighted by Gasteiger charge is -2.30. The smallest absolute Gasteiger partial charge is 0.228 e. The fraction of sp³-hybridized carbons (Fsp3) is 0.529. The maximum atomic E-state index is 12.4. The van der Waals surface area contributed by atoms with Gasteiger partial charge in [-0.2, -0.15) is 5.26 Å². The summed E-state index contributed by atoms with van der Waals surface area (Å²) in [4.78, 5) is 12.4. The van der Waals surface area contributed by atoms with E-state index in [-0.39, 0.29) is 23.8 Å². The summed E-state index contributed by atoms with van der Waals surface area (Å²) in [5.41, 5.74) is 1.33. The molecule has 0 unspecified atom stereocenters. The topological polar surface area (TPSA) is 90.3 Å². The van der Waals surface area contributed by atoms with Crippen molar-refractivity contribution < 1.29 is 13.2 Å². The molecule has 1 aromatic carbocycles. The predicted molar refractivity (Wildman–Crippen MR) is 90.7 cm³/mol. The number of amides is 1. The van der Waals surface area contributed by atoms with Gasteiger partial charge >= 0.3 is 0 Å². The van der Waals surface area contributed by atoms with Crippen molar-refractivity contribution in [3.63, 3.8) is 0 Å². The van der Waals surface area contributed by atoms with Crippen LogP contribution in [-0.4, -0.2) is 38.0 Å². The fourth-order valence-electron chi connectivity index (χ4n) is 3.16. The molecular weight excluding hydrogens is 326 g/mol. The summed E-state index contributed by atoms with van der Waals surface area (Å²) in [6.45, 7) is 0.716. The summed E-state index contributed by atoms with van der Waals surface area (Å²) in [5.74, 6) is -0.487. The number of benzene rings is 1. The van der Waals surface area contributed by atoms with Gasteiger partial charge in [0, 0.05) is 18.8 Å². The first-order valence-electron chi connectivity index (χ1n) is 8.12. The van der Waals surface area contributed by atoms with Gasteiger partial charge in [-0.15, -0.1) is 0 Å². The Morgan fingerprint density at radius 2 is 2.00 bits per heavy atom. The zero-order valence-electron chi connectivity index (χ0n) is 13.7. The molecule has 2 aliphatic rings. The number of nitriles is 1. The van der Waals surface area contributed by atoms with Crippen LogP contribution < -0.4 is 5.32 Å². The van der Waals surface area contributed by atoms with Gasteiger partial charge in [0.2, 0.25) is 15.9 Å². The van der Waals surface area contributed by atoms with Gasteiger partial charge in [0.05, 0.1) is 23.7 Å². The number of hydrogen-bond acceptors (Lipinski definition) is 4. The molecule has 0 radical (unpaired) electrons. The number of hydrogen-bond donors (Lipinski definition) is 1. The molecule has 24 heavy (non-hydrogen) atoms. The number of rotatable bonds is 4. The molecule has 2 fully saturated rings. The molecule has 1 heterocycles. The monoisotopic (exact) mass is 347 g/mol. The summed E-state index contributed by atoms with van der Waals surface area (Å²) in [7, 11) is -3.26. The summed E-state index contributed by atoms with van der Waals surface area (Å²) < 4.78 is 24.7. The Labute approximate surface area is 142 Å². The van der Waals surface area contributed by atoms with Gasteiger partial charge in [0.15, 0.2) is 0 Å². The highest BCUT2D eigenvalue weighted by Gasteiger charge is 2.44. The van der Waals surface area contributed by atoms with Crippen LogP contribution in [-0.2, 0) is 20.2 Å². The van der Waals surface area contributed by atoms with E-state index in [4.69, 9.17) is 0 Å². The van der Waals surface area contributed by atoms with E-state index in [2.05, 4.69) is 11.4 Å². The second kappa shape index (κ2) is 6.19. The van der Waals surface area contributed by atoms with Crippen LogP contribution in [0, 0.1) is 17.2 Å². The van der Waals surface area contributed by atoms with Crippen molar-refractivity contribution >= 4 is 21.6 Å². The quantitative estimate of drug-likeness (QED) is 0.900. The van der Waals surface area contributed by atoms with Crippen LogP contribution in [0.4, 0.5) is 5.69 Å². The van der Waals surface area contributed by atoms with Crippen LogP contribution in [0.15, 0.2) is 24.3 Å². The molecular formula is C17H21N3O3S. The predicted octanol–water partition coefficient (Wildman–Crippen LogP) is 1.85. The van der Waals surface area contributed by atoms with Crippen LogP contribution >= 0.6 is 0 Å². The first kappa shape index (κ1) is 16.9. The summed E-state index contributed by atoms with van der Waals surface area (Å²) in [6, 6.07) is 9.73. The third-order valence-electron chi connectivity index (χ3n) is 4.89. The van der Waals surface area contributed by atoms with Crippen LogP contribution in [0.2, 0.25) is 0 Å². The van der Waals surface area contributed by atoms with Crippen molar-refractivity contribution in [3.8, 4) is 6.07 Å². The molecule has 1 aliphatic carbocycles. The van der Waals surface area contributed by atoms with Crippen LogP contribution in [0.5, 0.6) is 0 Å². The molecule has 7 heteroatoms. The highest BCUT2D eigenvalue weighted by Crippen LogP contribution is 2.47. The summed E-state index contributed by atoms with van der Waals surface area (Å²) >= 11 is 0. The van der Waals surface area contributed by atoms with Crippen LogP contribution in [0.3, 0.4) is 0 Å². The number of nitrogens with one attached hydrogen (secondary N) is 1. The van der Waals surface area contributed by atoms with Crippen LogP contribution in [0.1, 0.15) is 31.2 Å². The van der Waals surface area contributed by atoms with Crippen molar-refractivity contribution in [2.24, 2.45) is 5.92 Å². The Morgan fingerprint density at radius 1 is 1.33 bits per heavy atom. The standard InChI is InChI=1S/C17H21N3O3S/c1-24(22,23)20-10-2-3-13(11-20)16(21)19-15-6-4-14(5-7-15)17(12-18)8-9-17/h4-7,13H,2-3,8-11H2,1H3,(H,19,21)/t13-/m1/s1. The molecule has 128 valence electrons. The molecule has 1 aromatic rings. The largest absolute Gasteiger partial charge is 0.326 e. The van der Waals surface area contributed by atoms with E-state index < -0.39 is 10.0 Å². The number of nitrogens with zero attached hydrogens (tertiary/aromatic N) is 2. The van der Waals surface area contributed by atoms with Crippen LogP contribution in [0.25, 0.3) is 0 Å². The zero-order valence-corrected chi connectivity index (χ0v) is 14.5. The molecule has 1 aliphatic heterocycles. The van der Waals surface area contributed by atoms with E-state index in [0.29, 0.717) is 25.1 Å². The van der Waals surface area contributed by atoms with Crippen molar-refractivity contribution in [3.05, 3.63) is 29.8 Å². The van der Waals surface area contributed by atoms with Gasteiger partial charge in [-0.05, 0) is 43.4 Å². The highest BCUT2D eigenvalue weighted by atomic mass is 32.2. The van der Waals surface area contributed by atoms with Gasteiger partial charge in [0.1, 0.15) is 0 Å². The van der Waals surface area contributed by atoms with Gasteiger partial charge < -0.3 is 5.32 Å². The maximum Gasteiger partial charge on any atom is 0.228 e. The minimum atomic E-state index is -3.26. The van der Waals surface area contributed by atoms with Crippen molar-refractivity contribution in [2.45, 2.75) is 31.1 Å². The number of piperidine rings is 1. The Morgan fingerprint density at radius 3 is 2.54 bits per heavy atom. The Bertz CT molecular complexity index is 776. The third kappa shape index (κ3) is 3.45. The average molecular weight is 347 g/mol. The summed E-state index contributed by atoms with van der Waals surface area (Å²) in [6.07, 6.45) is 4.33. The molecule has 6 nitrogen and oxygen atoms in total. The van der Waals surface area contributed by atoms with E-state index in [0.717, 1.165) is 18.4 Å². The molecule has 3 rings (SSSR count). The Hall–Kier alpha value is -1.91. The molecule has 1 saturated carbocycles. The average Bonchev–Trinajstić information content (AvgIpc) is 3.36. The molecule has 1 atom stereocenters. The van der Waals surface area contributed by atoms with E-state index in [1.165, 1.54) is 10.6 Å². The minimum absolute atomic E-state index is 0.155. The lowest BCUT2D eigenvalue weighted by Crippen LogP contribution is -2.43. The maximum absolute atomic E-state index is 12.4. The molecule has 0 bridgehead atoms. The highest BCUT2D eigenvalue weighted by molar-refractivity contribution is 7.88. The molecule has 0 aromatic heterocycles. The first-order valence-corrected chi connectivity index (χ1v) is 9.97. The SMILES string of the molecule is CS(=O)(=O)N1CCC[C@@H](C(=O)Nc2ccc(C3(C#N)CC3)cc2)C1. The van der Waals surface area contributed by atoms with E-state index in [1.54, 1.807) is 0 Å². The van der Waals surface area contributed by atoms with E-state index in [1.807, 2.05) is 24.3 Å². The van der Waals surface area contributed by atoms with Gasteiger partial charge in [-0.25, -0.2) is 12.7 Å². The first-order chi connectivity index (χ1) is 11.3. The number of carbonyl (C=O) groups excluding carboxylic acids is 1. The number of anilines is 1. The fourth-order valence-corrected chi connectivity index (χ4v) is 4.08. The summed E-state index contributed by atoms with van der Waals surface area (Å²) in [5, 5.41) is 12.1.